The van der Waals surface area contributed by atoms with Gasteiger partial charge in [0.15, 0.2) is 0 Å². The van der Waals surface area contributed by atoms with E-state index in [1.54, 1.807) is 0 Å². The highest BCUT2D eigenvalue weighted by atomic mass is 19.1. The first-order chi connectivity index (χ1) is 16.6. The Labute approximate surface area is 204 Å². The third kappa shape index (κ3) is 5.57. The summed E-state index contributed by atoms with van der Waals surface area (Å²) in [6, 6.07) is 31.1. The molecule has 2 atom stereocenters. The van der Waals surface area contributed by atoms with Crippen LogP contribution in [0.2, 0.25) is 0 Å². The van der Waals surface area contributed by atoms with Gasteiger partial charge in [-0.15, -0.1) is 0 Å². The first-order valence-electron chi connectivity index (χ1n) is 12.6. The average Bonchev–Trinajstić information content (AvgIpc) is 2.84. The van der Waals surface area contributed by atoms with Gasteiger partial charge in [-0.1, -0.05) is 86.1 Å². The standard InChI is InChI=1S/C31H35FN2/c1-2-30(34(22-25-10-5-3-6-11-25)23-26-12-7-4-8-13-26)20-21-31(24-33,27-14-9-15-27)28-16-18-29(32)19-17-28/h3-8,10-13,16-19,27,30H,2,9,14-15,20-23H2,1H3. The molecule has 0 aliphatic heterocycles. The van der Waals surface area contributed by atoms with Gasteiger partial charge in [-0.3, -0.25) is 4.90 Å². The van der Waals surface area contributed by atoms with Gasteiger partial charge in [0.25, 0.3) is 0 Å². The lowest BCUT2D eigenvalue weighted by Crippen LogP contribution is -2.41. The van der Waals surface area contributed by atoms with Gasteiger partial charge in [-0.05, 0) is 66.8 Å². The fourth-order valence-corrected chi connectivity index (χ4v) is 5.43. The van der Waals surface area contributed by atoms with Crippen LogP contribution < -0.4 is 0 Å². The smallest absolute Gasteiger partial charge is 0.123 e. The second kappa shape index (κ2) is 11.4. The largest absolute Gasteiger partial charge is 0.292 e. The maximum absolute atomic E-state index is 13.7. The summed E-state index contributed by atoms with van der Waals surface area (Å²) in [7, 11) is 0. The topological polar surface area (TPSA) is 27.0 Å². The minimum Gasteiger partial charge on any atom is -0.292 e. The molecule has 4 rings (SSSR count). The lowest BCUT2D eigenvalue weighted by atomic mass is 9.60. The first kappa shape index (κ1) is 24.2. The van der Waals surface area contributed by atoms with Crippen LogP contribution in [-0.2, 0) is 18.5 Å². The molecule has 0 heterocycles. The molecule has 0 N–H and O–H groups in total. The number of hydrogen-bond donors (Lipinski definition) is 0. The van der Waals surface area contributed by atoms with Gasteiger partial charge in [-0.25, -0.2) is 4.39 Å². The van der Waals surface area contributed by atoms with Crippen LogP contribution in [0.3, 0.4) is 0 Å². The third-order valence-electron chi connectivity index (χ3n) is 7.68. The van der Waals surface area contributed by atoms with E-state index in [1.807, 2.05) is 12.1 Å². The molecular weight excluding hydrogens is 419 g/mol. The van der Waals surface area contributed by atoms with Crippen molar-refractivity contribution < 1.29 is 4.39 Å². The molecule has 3 aromatic rings. The van der Waals surface area contributed by atoms with Crippen LogP contribution in [0.15, 0.2) is 84.9 Å². The summed E-state index contributed by atoms with van der Waals surface area (Å²) >= 11 is 0. The Balaban J connectivity index is 1.58. The van der Waals surface area contributed by atoms with Crippen molar-refractivity contribution in [2.45, 2.75) is 70.0 Å². The highest BCUT2D eigenvalue weighted by Gasteiger charge is 2.44. The normalized spacial score (nSPS) is 16.4. The van der Waals surface area contributed by atoms with E-state index in [4.69, 9.17) is 0 Å². The van der Waals surface area contributed by atoms with Crippen molar-refractivity contribution in [1.82, 2.24) is 4.90 Å². The molecule has 1 saturated carbocycles. The summed E-state index contributed by atoms with van der Waals surface area (Å²) in [6.07, 6.45) is 6.12. The number of nitriles is 1. The molecule has 0 amide bonds. The number of nitrogens with zero attached hydrogens (tertiary/aromatic N) is 2. The summed E-state index contributed by atoms with van der Waals surface area (Å²) in [5, 5.41) is 10.5. The molecule has 0 saturated heterocycles. The Kier molecular flexibility index (Phi) is 8.14. The van der Waals surface area contributed by atoms with Crippen LogP contribution in [0.4, 0.5) is 4.39 Å². The van der Waals surface area contributed by atoms with E-state index in [9.17, 15) is 9.65 Å². The summed E-state index contributed by atoms with van der Waals surface area (Å²) in [4.78, 5) is 2.57. The Morgan fingerprint density at radius 1 is 0.912 bits per heavy atom. The molecule has 176 valence electrons. The molecule has 1 aliphatic carbocycles. The van der Waals surface area contributed by atoms with Gasteiger partial charge >= 0.3 is 0 Å². The monoisotopic (exact) mass is 454 g/mol. The van der Waals surface area contributed by atoms with Gasteiger partial charge in [0, 0.05) is 19.1 Å². The molecule has 0 radical (unpaired) electrons. The van der Waals surface area contributed by atoms with Crippen molar-refractivity contribution in [2.75, 3.05) is 0 Å². The van der Waals surface area contributed by atoms with Crippen molar-refractivity contribution >= 4 is 0 Å². The molecular formula is C31H35FN2. The molecule has 1 aliphatic rings. The van der Waals surface area contributed by atoms with E-state index in [0.29, 0.717) is 12.0 Å². The highest BCUT2D eigenvalue weighted by molar-refractivity contribution is 5.35. The number of rotatable bonds is 11. The van der Waals surface area contributed by atoms with Gasteiger partial charge in [0.1, 0.15) is 5.82 Å². The Bertz CT molecular complexity index is 1010. The Morgan fingerprint density at radius 2 is 1.47 bits per heavy atom. The molecule has 3 heteroatoms. The molecule has 2 nitrogen and oxygen atoms in total. The van der Waals surface area contributed by atoms with E-state index >= 15 is 0 Å². The lowest BCUT2D eigenvalue weighted by Gasteiger charge is -2.42. The van der Waals surface area contributed by atoms with Gasteiger partial charge in [-0.2, -0.15) is 5.26 Å². The second-order valence-corrected chi connectivity index (χ2v) is 9.69. The van der Waals surface area contributed by atoms with E-state index in [1.165, 1.54) is 29.7 Å². The molecule has 0 aromatic heterocycles. The third-order valence-corrected chi connectivity index (χ3v) is 7.68. The summed E-state index contributed by atoms with van der Waals surface area (Å²) in [5.41, 5.74) is 3.06. The SMILES string of the molecule is CCC(CCC(C#N)(c1ccc(F)cc1)C1CCC1)N(Cc1ccccc1)Cc1ccccc1. The minimum absolute atomic E-state index is 0.243. The van der Waals surface area contributed by atoms with Crippen LogP contribution in [0, 0.1) is 23.1 Å². The van der Waals surface area contributed by atoms with Crippen LogP contribution in [0.1, 0.15) is 62.1 Å². The van der Waals surface area contributed by atoms with Gasteiger partial charge < -0.3 is 0 Å². The molecule has 1 fully saturated rings. The minimum atomic E-state index is -0.537. The number of benzene rings is 3. The van der Waals surface area contributed by atoms with Crippen molar-refractivity contribution in [3.63, 3.8) is 0 Å². The zero-order valence-corrected chi connectivity index (χ0v) is 20.2. The second-order valence-electron chi connectivity index (χ2n) is 9.69. The van der Waals surface area contributed by atoms with Crippen LogP contribution >= 0.6 is 0 Å². The predicted octanol–water partition coefficient (Wildman–Crippen LogP) is 7.65. The summed E-state index contributed by atoms with van der Waals surface area (Å²) < 4.78 is 13.7. The van der Waals surface area contributed by atoms with Crippen molar-refractivity contribution in [1.29, 1.82) is 5.26 Å². The highest BCUT2D eigenvalue weighted by Crippen LogP contribution is 2.47. The van der Waals surface area contributed by atoms with Crippen LogP contribution in [-0.4, -0.2) is 10.9 Å². The lowest BCUT2D eigenvalue weighted by molar-refractivity contribution is 0.136. The predicted molar refractivity (Wildman–Crippen MR) is 136 cm³/mol. The zero-order chi connectivity index (χ0) is 23.8. The van der Waals surface area contributed by atoms with E-state index < -0.39 is 5.41 Å². The maximum Gasteiger partial charge on any atom is 0.123 e. The van der Waals surface area contributed by atoms with E-state index in [-0.39, 0.29) is 5.82 Å². The van der Waals surface area contributed by atoms with Gasteiger partial charge in [0.2, 0.25) is 0 Å². The molecule has 3 aromatic carbocycles. The van der Waals surface area contributed by atoms with E-state index in [2.05, 4.69) is 78.6 Å². The van der Waals surface area contributed by atoms with E-state index in [0.717, 1.165) is 50.8 Å². The summed E-state index contributed by atoms with van der Waals surface area (Å²) in [6.45, 7) is 4.02. The van der Waals surface area contributed by atoms with Crippen molar-refractivity contribution in [2.24, 2.45) is 5.92 Å². The van der Waals surface area contributed by atoms with Crippen molar-refractivity contribution in [3.05, 3.63) is 107 Å². The van der Waals surface area contributed by atoms with Crippen LogP contribution in [0.25, 0.3) is 0 Å². The van der Waals surface area contributed by atoms with Gasteiger partial charge in [0.05, 0.1) is 11.5 Å². The zero-order valence-electron chi connectivity index (χ0n) is 20.2. The average molecular weight is 455 g/mol. The molecule has 0 spiro atoms. The Hall–Kier alpha value is -2.96. The molecule has 34 heavy (non-hydrogen) atoms. The Morgan fingerprint density at radius 3 is 1.91 bits per heavy atom. The fourth-order valence-electron chi connectivity index (χ4n) is 5.43. The summed E-state index contributed by atoms with van der Waals surface area (Å²) in [5.74, 6) is 0.115. The maximum atomic E-state index is 13.7. The fraction of sp³-hybridized carbons (Fsp3) is 0.387. The quantitative estimate of drug-likeness (QED) is 0.297. The number of hydrogen-bond acceptors (Lipinski definition) is 2. The van der Waals surface area contributed by atoms with Crippen molar-refractivity contribution in [3.8, 4) is 6.07 Å². The van der Waals surface area contributed by atoms with Crippen LogP contribution in [0.5, 0.6) is 0 Å². The first-order valence-corrected chi connectivity index (χ1v) is 12.6. The molecule has 0 bridgehead atoms. The molecule has 2 unspecified atom stereocenters. The number of halogens is 1.